The lowest BCUT2D eigenvalue weighted by Crippen LogP contribution is -2.12. The highest BCUT2D eigenvalue weighted by Crippen LogP contribution is 2.35. The van der Waals surface area contributed by atoms with Crippen LogP contribution in [0.5, 0.6) is 11.5 Å². The second kappa shape index (κ2) is 5.08. The quantitative estimate of drug-likeness (QED) is 0.804. The highest BCUT2D eigenvalue weighted by Gasteiger charge is 2.15. The number of hydrogen-bond donors (Lipinski definition) is 1. The standard InChI is InChI=1S/C17H19NO2/c1-11-5-14(7-15(18)6-11)13-3-4-16-17(8-13)20-10-12(2)9-19-16/h3-8,12H,9-10,18H2,1-2H3. The Morgan fingerprint density at radius 3 is 2.45 bits per heavy atom. The van der Waals surface area contributed by atoms with Crippen LogP contribution in [0.4, 0.5) is 5.69 Å². The van der Waals surface area contributed by atoms with Gasteiger partial charge in [-0.25, -0.2) is 0 Å². The Morgan fingerprint density at radius 1 is 0.950 bits per heavy atom. The largest absolute Gasteiger partial charge is 0.489 e. The van der Waals surface area contributed by atoms with E-state index in [2.05, 4.69) is 13.0 Å². The van der Waals surface area contributed by atoms with Crippen molar-refractivity contribution in [3.63, 3.8) is 0 Å². The molecule has 1 unspecified atom stereocenters. The molecule has 3 heteroatoms. The molecule has 0 fully saturated rings. The number of nitrogen functional groups attached to an aromatic ring is 1. The summed E-state index contributed by atoms with van der Waals surface area (Å²) in [6.07, 6.45) is 0. The van der Waals surface area contributed by atoms with E-state index in [-0.39, 0.29) is 0 Å². The van der Waals surface area contributed by atoms with Crippen molar-refractivity contribution < 1.29 is 9.47 Å². The van der Waals surface area contributed by atoms with Crippen LogP contribution < -0.4 is 15.2 Å². The van der Waals surface area contributed by atoms with Crippen LogP contribution in [0, 0.1) is 12.8 Å². The summed E-state index contributed by atoms with van der Waals surface area (Å²) >= 11 is 0. The second-order valence-electron chi connectivity index (χ2n) is 5.52. The Kier molecular flexibility index (Phi) is 3.26. The van der Waals surface area contributed by atoms with Crippen molar-refractivity contribution in [2.45, 2.75) is 13.8 Å². The lowest BCUT2D eigenvalue weighted by Gasteiger charge is -2.10. The summed E-state index contributed by atoms with van der Waals surface area (Å²) in [4.78, 5) is 0. The van der Waals surface area contributed by atoms with Crippen LogP contribution in [-0.2, 0) is 0 Å². The minimum Gasteiger partial charge on any atom is -0.489 e. The van der Waals surface area contributed by atoms with Gasteiger partial charge < -0.3 is 15.2 Å². The molecular formula is C17H19NO2. The molecule has 3 rings (SSSR count). The predicted octanol–water partition coefficient (Wildman–Crippen LogP) is 3.65. The predicted molar refractivity (Wildman–Crippen MR) is 81.2 cm³/mol. The van der Waals surface area contributed by atoms with Gasteiger partial charge in [-0.05, 0) is 47.9 Å². The fraction of sp³-hybridized carbons (Fsp3) is 0.294. The molecule has 2 aromatic rings. The van der Waals surface area contributed by atoms with E-state index in [9.17, 15) is 0 Å². The lowest BCUT2D eigenvalue weighted by molar-refractivity contribution is 0.228. The highest BCUT2D eigenvalue weighted by molar-refractivity contribution is 5.71. The maximum absolute atomic E-state index is 5.92. The number of ether oxygens (including phenoxy) is 2. The summed E-state index contributed by atoms with van der Waals surface area (Å²) in [5.74, 6) is 2.03. The van der Waals surface area contributed by atoms with Crippen molar-refractivity contribution in [3.05, 3.63) is 42.0 Å². The molecule has 2 aromatic carbocycles. The highest BCUT2D eigenvalue weighted by atomic mass is 16.5. The van der Waals surface area contributed by atoms with E-state index in [1.807, 2.05) is 37.3 Å². The van der Waals surface area contributed by atoms with Gasteiger partial charge in [0, 0.05) is 11.6 Å². The van der Waals surface area contributed by atoms with E-state index in [1.165, 1.54) is 0 Å². The first-order valence-corrected chi connectivity index (χ1v) is 6.89. The number of nitrogens with two attached hydrogens (primary N) is 1. The van der Waals surface area contributed by atoms with Gasteiger partial charge in [0.1, 0.15) is 0 Å². The number of hydrogen-bond acceptors (Lipinski definition) is 3. The van der Waals surface area contributed by atoms with E-state index >= 15 is 0 Å². The zero-order valence-electron chi connectivity index (χ0n) is 11.8. The van der Waals surface area contributed by atoms with E-state index < -0.39 is 0 Å². The van der Waals surface area contributed by atoms with E-state index in [0.29, 0.717) is 19.1 Å². The van der Waals surface area contributed by atoms with Gasteiger partial charge in [-0.2, -0.15) is 0 Å². The number of anilines is 1. The third-order valence-electron chi connectivity index (χ3n) is 3.42. The summed E-state index contributed by atoms with van der Waals surface area (Å²) in [6, 6.07) is 12.1. The molecular weight excluding hydrogens is 250 g/mol. The second-order valence-corrected chi connectivity index (χ2v) is 5.52. The smallest absolute Gasteiger partial charge is 0.161 e. The average molecular weight is 269 g/mol. The third-order valence-corrected chi connectivity index (χ3v) is 3.42. The van der Waals surface area contributed by atoms with E-state index in [1.54, 1.807) is 0 Å². The number of benzene rings is 2. The SMILES string of the molecule is Cc1cc(N)cc(-c2ccc3c(c2)OCC(C)CO3)c1. The van der Waals surface area contributed by atoms with Crippen molar-refractivity contribution in [1.82, 2.24) is 0 Å². The van der Waals surface area contributed by atoms with Gasteiger partial charge in [0.2, 0.25) is 0 Å². The molecule has 1 aliphatic rings. The van der Waals surface area contributed by atoms with Gasteiger partial charge in [0.05, 0.1) is 13.2 Å². The Morgan fingerprint density at radius 2 is 1.70 bits per heavy atom. The first kappa shape index (κ1) is 12.9. The Hall–Kier alpha value is -2.16. The van der Waals surface area contributed by atoms with Crippen LogP contribution in [-0.4, -0.2) is 13.2 Å². The van der Waals surface area contributed by atoms with Crippen LogP contribution in [0.15, 0.2) is 36.4 Å². The molecule has 0 spiro atoms. The molecule has 0 radical (unpaired) electrons. The fourth-order valence-corrected chi connectivity index (χ4v) is 2.41. The first-order valence-electron chi connectivity index (χ1n) is 6.89. The van der Waals surface area contributed by atoms with Gasteiger partial charge in [0.15, 0.2) is 11.5 Å². The zero-order valence-corrected chi connectivity index (χ0v) is 11.8. The molecule has 0 bridgehead atoms. The number of rotatable bonds is 1. The summed E-state index contributed by atoms with van der Waals surface area (Å²) < 4.78 is 11.6. The van der Waals surface area contributed by atoms with Gasteiger partial charge in [0.25, 0.3) is 0 Å². The fourth-order valence-electron chi connectivity index (χ4n) is 2.41. The van der Waals surface area contributed by atoms with Crippen LogP contribution in [0.3, 0.4) is 0 Å². The molecule has 104 valence electrons. The molecule has 0 saturated heterocycles. The number of aryl methyl sites for hydroxylation is 1. The van der Waals surface area contributed by atoms with Crippen LogP contribution in [0.25, 0.3) is 11.1 Å². The Bertz CT molecular complexity index is 617. The normalized spacial score (nSPS) is 17.6. The molecule has 0 amide bonds. The summed E-state index contributed by atoms with van der Waals surface area (Å²) in [5, 5.41) is 0. The maximum atomic E-state index is 5.92. The molecule has 1 aliphatic heterocycles. The molecule has 0 aromatic heterocycles. The summed E-state index contributed by atoms with van der Waals surface area (Å²) in [5.41, 5.74) is 10.1. The van der Waals surface area contributed by atoms with E-state index in [4.69, 9.17) is 15.2 Å². The van der Waals surface area contributed by atoms with Crippen LogP contribution in [0.1, 0.15) is 12.5 Å². The van der Waals surface area contributed by atoms with Crippen molar-refractivity contribution in [2.75, 3.05) is 18.9 Å². The Labute approximate surface area is 119 Å². The van der Waals surface area contributed by atoms with Crippen LogP contribution in [0.2, 0.25) is 0 Å². The van der Waals surface area contributed by atoms with Crippen LogP contribution >= 0.6 is 0 Å². The molecule has 3 nitrogen and oxygen atoms in total. The molecule has 0 aliphatic carbocycles. The topological polar surface area (TPSA) is 44.5 Å². The van der Waals surface area contributed by atoms with Gasteiger partial charge >= 0.3 is 0 Å². The van der Waals surface area contributed by atoms with Crippen molar-refractivity contribution in [2.24, 2.45) is 5.92 Å². The summed E-state index contributed by atoms with van der Waals surface area (Å²) in [6.45, 7) is 5.55. The first-order chi connectivity index (χ1) is 9.61. The van der Waals surface area contributed by atoms with E-state index in [0.717, 1.165) is 33.9 Å². The molecule has 1 heterocycles. The zero-order chi connectivity index (χ0) is 14.1. The van der Waals surface area contributed by atoms with Gasteiger partial charge in [-0.15, -0.1) is 0 Å². The molecule has 0 saturated carbocycles. The minimum atomic E-state index is 0.403. The van der Waals surface area contributed by atoms with Crippen molar-refractivity contribution in [1.29, 1.82) is 0 Å². The molecule has 1 atom stereocenters. The third kappa shape index (κ3) is 2.57. The summed E-state index contributed by atoms with van der Waals surface area (Å²) in [7, 11) is 0. The van der Waals surface area contributed by atoms with Gasteiger partial charge in [-0.1, -0.05) is 19.1 Å². The molecule has 2 N–H and O–H groups in total. The number of fused-ring (bicyclic) bond motifs is 1. The van der Waals surface area contributed by atoms with Crippen molar-refractivity contribution in [3.8, 4) is 22.6 Å². The molecule has 20 heavy (non-hydrogen) atoms. The Balaban J connectivity index is 2.00. The van der Waals surface area contributed by atoms with Crippen molar-refractivity contribution >= 4 is 5.69 Å². The minimum absolute atomic E-state index is 0.403. The maximum Gasteiger partial charge on any atom is 0.161 e. The van der Waals surface area contributed by atoms with Gasteiger partial charge in [-0.3, -0.25) is 0 Å². The monoisotopic (exact) mass is 269 g/mol. The lowest BCUT2D eigenvalue weighted by atomic mass is 10.0. The average Bonchev–Trinajstić information content (AvgIpc) is 2.59.